The molecule has 29 heavy (non-hydrogen) atoms. The predicted molar refractivity (Wildman–Crippen MR) is 111 cm³/mol. The van der Waals surface area contributed by atoms with E-state index in [0.717, 1.165) is 18.5 Å². The number of benzene rings is 2. The van der Waals surface area contributed by atoms with Gasteiger partial charge in [-0.15, -0.1) is 0 Å². The maximum Gasteiger partial charge on any atom is 0.254 e. The Morgan fingerprint density at radius 3 is 2.72 bits per heavy atom. The number of allylic oxidation sites excluding steroid dienone is 3. The van der Waals surface area contributed by atoms with Crippen LogP contribution in [0.3, 0.4) is 0 Å². The molecule has 0 bridgehead atoms. The monoisotopic (exact) mass is 410 g/mol. The summed E-state index contributed by atoms with van der Waals surface area (Å²) in [6.07, 6.45) is 1.97. The summed E-state index contributed by atoms with van der Waals surface area (Å²) >= 11 is 6.48. The fourth-order valence-corrected chi connectivity index (χ4v) is 4.31. The van der Waals surface area contributed by atoms with E-state index in [2.05, 4.69) is 10.6 Å². The molecule has 0 spiro atoms. The standard InChI is InChI=1S/C23H20ClFN2O2/c1-13-20(23(29)27-15-7-4-6-14(25)12-15)21(16-8-2-3-9-17(16)24)22-18(26-13)10-5-11-19(22)28/h2-4,6-9,12,21,26H,5,10-11H2,1H3,(H,27,29)/t21-/m0/s1. The lowest BCUT2D eigenvalue weighted by Gasteiger charge is -2.34. The molecule has 0 saturated carbocycles. The van der Waals surface area contributed by atoms with Crippen LogP contribution in [0.25, 0.3) is 0 Å². The molecule has 2 N–H and O–H groups in total. The minimum absolute atomic E-state index is 0.0206. The van der Waals surface area contributed by atoms with Crippen molar-refractivity contribution in [1.29, 1.82) is 0 Å². The summed E-state index contributed by atoms with van der Waals surface area (Å²) in [6.45, 7) is 1.81. The van der Waals surface area contributed by atoms with Gasteiger partial charge < -0.3 is 10.6 Å². The molecule has 0 saturated heterocycles. The normalized spacial score (nSPS) is 19.0. The Morgan fingerprint density at radius 2 is 1.97 bits per heavy atom. The third-order valence-corrected chi connectivity index (χ3v) is 5.66. The maximum atomic E-state index is 13.6. The second-order valence-electron chi connectivity index (χ2n) is 7.25. The summed E-state index contributed by atoms with van der Waals surface area (Å²) < 4.78 is 13.6. The zero-order valence-corrected chi connectivity index (χ0v) is 16.6. The highest BCUT2D eigenvalue weighted by molar-refractivity contribution is 6.31. The smallest absolute Gasteiger partial charge is 0.254 e. The molecule has 0 radical (unpaired) electrons. The molecule has 2 aromatic rings. The molecule has 148 valence electrons. The van der Waals surface area contributed by atoms with E-state index >= 15 is 0 Å². The molecule has 0 unspecified atom stereocenters. The summed E-state index contributed by atoms with van der Waals surface area (Å²) in [7, 11) is 0. The van der Waals surface area contributed by atoms with E-state index in [9.17, 15) is 14.0 Å². The van der Waals surface area contributed by atoms with Crippen molar-refractivity contribution >= 4 is 29.0 Å². The van der Waals surface area contributed by atoms with Crippen molar-refractivity contribution in [2.75, 3.05) is 5.32 Å². The lowest BCUT2D eigenvalue weighted by atomic mass is 9.75. The third kappa shape index (κ3) is 3.70. The molecule has 1 aliphatic carbocycles. The largest absolute Gasteiger partial charge is 0.362 e. The van der Waals surface area contributed by atoms with Crippen LogP contribution >= 0.6 is 11.6 Å². The Bertz CT molecular complexity index is 1070. The molecular weight excluding hydrogens is 391 g/mol. The highest BCUT2D eigenvalue weighted by Crippen LogP contribution is 2.44. The fourth-order valence-electron chi connectivity index (χ4n) is 4.07. The van der Waals surface area contributed by atoms with Crippen molar-refractivity contribution in [3.63, 3.8) is 0 Å². The van der Waals surface area contributed by atoms with Crippen molar-refractivity contribution in [2.24, 2.45) is 0 Å². The lowest BCUT2D eigenvalue weighted by molar-refractivity contribution is -0.116. The molecule has 0 fully saturated rings. The number of carbonyl (C=O) groups excluding carboxylic acids is 2. The first-order chi connectivity index (χ1) is 14.0. The number of halogens is 2. The predicted octanol–water partition coefficient (Wildman–Crippen LogP) is 5.09. The van der Waals surface area contributed by atoms with Crippen molar-refractivity contribution in [2.45, 2.75) is 32.1 Å². The fraction of sp³-hybridized carbons (Fsp3) is 0.217. The quantitative estimate of drug-likeness (QED) is 0.741. The number of hydrogen-bond donors (Lipinski definition) is 2. The molecule has 2 aliphatic rings. The van der Waals surface area contributed by atoms with Gasteiger partial charge in [0.2, 0.25) is 0 Å². The number of nitrogens with one attached hydrogen (secondary N) is 2. The van der Waals surface area contributed by atoms with Gasteiger partial charge in [-0.05, 0) is 49.6 Å². The first-order valence-electron chi connectivity index (χ1n) is 9.51. The van der Waals surface area contributed by atoms with E-state index in [4.69, 9.17) is 11.6 Å². The van der Waals surface area contributed by atoms with Crippen LogP contribution in [0.2, 0.25) is 5.02 Å². The number of rotatable bonds is 3. The van der Waals surface area contributed by atoms with Crippen LogP contribution in [-0.4, -0.2) is 11.7 Å². The van der Waals surface area contributed by atoms with Gasteiger partial charge in [-0.25, -0.2) is 4.39 Å². The Kier molecular flexibility index (Phi) is 5.24. The molecule has 1 heterocycles. The first-order valence-corrected chi connectivity index (χ1v) is 9.89. The van der Waals surface area contributed by atoms with Crippen LogP contribution in [0, 0.1) is 5.82 Å². The number of dihydropyridines is 1. The SMILES string of the molecule is CC1=C(C(=O)Nc2cccc(F)c2)[C@H](c2ccccc2Cl)C2=C(CCCC2=O)N1. The molecule has 1 amide bonds. The zero-order chi connectivity index (χ0) is 20.5. The summed E-state index contributed by atoms with van der Waals surface area (Å²) in [4.78, 5) is 26.1. The Balaban J connectivity index is 1.81. The van der Waals surface area contributed by atoms with Gasteiger partial charge in [0.15, 0.2) is 5.78 Å². The molecular formula is C23H20ClFN2O2. The Morgan fingerprint density at radius 1 is 1.17 bits per heavy atom. The molecule has 1 atom stereocenters. The van der Waals surface area contributed by atoms with Gasteiger partial charge in [0.05, 0.1) is 0 Å². The number of Topliss-reactive ketones (excluding diaryl/α,β-unsaturated/α-hetero) is 1. The average molecular weight is 411 g/mol. The summed E-state index contributed by atoms with van der Waals surface area (Å²) in [5, 5.41) is 6.51. The van der Waals surface area contributed by atoms with E-state index in [-0.39, 0.29) is 5.78 Å². The van der Waals surface area contributed by atoms with Crippen LogP contribution in [0.5, 0.6) is 0 Å². The highest BCUT2D eigenvalue weighted by Gasteiger charge is 2.39. The van der Waals surface area contributed by atoms with Crippen molar-refractivity contribution in [1.82, 2.24) is 5.32 Å². The summed E-state index contributed by atoms with van der Waals surface area (Å²) in [5.41, 5.74) is 3.59. The molecule has 4 rings (SSSR count). The van der Waals surface area contributed by atoms with Crippen LogP contribution in [0.4, 0.5) is 10.1 Å². The number of anilines is 1. The van der Waals surface area contributed by atoms with Crippen molar-refractivity contribution in [3.8, 4) is 0 Å². The van der Waals surface area contributed by atoms with Gasteiger partial charge in [-0.1, -0.05) is 35.9 Å². The molecule has 6 heteroatoms. The number of carbonyl (C=O) groups is 2. The maximum absolute atomic E-state index is 13.6. The van der Waals surface area contributed by atoms with Gasteiger partial charge in [-0.3, -0.25) is 9.59 Å². The molecule has 2 aromatic carbocycles. The van der Waals surface area contributed by atoms with Crippen LogP contribution in [0.15, 0.2) is 71.1 Å². The van der Waals surface area contributed by atoms with E-state index < -0.39 is 17.6 Å². The van der Waals surface area contributed by atoms with Gasteiger partial charge >= 0.3 is 0 Å². The second kappa shape index (κ2) is 7.84. The minimum atomic E-state index is -0.568. The van der Waals surface area contributed by atoms with E-state index in [1.165, 1.54) is 18.2 Å². The molecule has 0 aromatic heterocycles. The third-order valence-electron chi connectivity index (χ3n) is 5.32. The van der Waals surface area contributed by atoms with Crippen molar-refractivity contribution < 1.29 is 14.0 Å². The number of hydrogen-bond acceptors (Lipinski definition) is 3. The van der Waals surface area contributed by atoms with Crippen LogP contribution in [0.1, 0.15) is 37.7 Å². The highest BCUT2D eigenvalue weighted by atomic mass is 35.5. The number of amides is 1. The van der Waals surface area contributed by atoms with E-state index in [0.29, 0.717) is 39.5 Å². The number of ketones is 1. The average Bonchev–Trinajstić information content (AvgIpc) is 2.67. The Hall–Kier alpha value is -2.92. The van der Waals surface area contributed by atoms with Gasteiger partial charge in [-0.2, -0.15) is 0 Å². The van der Waals surface area contributed by atoms with Crippen molar-refractivity contribution in [3.05, 3.63) is 87.5 Å². The van der Waals surface area contributed by atoms with Gasteiger partial charge in [0.1, 0.15) is 5.82 Å². The minimum Gasteiger partial charge on any atom is -0.362 e. The first kappa shape index (κ1) is 19.4. The summed E-state index contributed by atoms with van der Waals surface area (Å²) in [6, 6.07) is 13.0. The molecule has 1 aliphatic heterocycles. The van der Waals surface area contributed by atoms with E-state index in [1.54, 1.807) is 12.1 Å². The zero-order valence-electron chi connectivity index (χ0n) is 15.9. The summed E-state index contributed by atoms with van der Waals surface area (Å²) in [5.74, 6) is -1.38. The van der Waals surface area contributed by atoms with Gasteiger partial charge in [0.25, 0.3) is 5.91 Å². The van der Waals surface area contributed by atoms with Crippen LogP contribution in [-0.2, 0) is 9.59 Å². The molecule has 4 nitrogen and oxygen atoms in total. The van der Waals surface area contributed by atoms with Crippen LogP contribution < -0.4 is 10.6 Å². The Labute approximate surface area is 173 Å². The topological polar surface area (TPSA) is 58.2 Å². The lowest BCUT2D eigenvalue weighted by Crippen LogP contribution is -2.35. The second-order valence-corrected chi connectivity index (χ2v) is 7.66. The van der Waals surface area contributed by atoms with Gasteiger partial charge in [0, 0.05) is 45.6 Å². The van der Waals surface area contributed by atoms with E-state index in [1.807, 2.05) is 25.1 Å².